The summed E-state index contributed by atoms with van der Waals surface area (Å²) < 4.78 is 10.5. The van der Waals surface area contributed by atoms with Gasteiger partial charge in [0.1, 0.15) is 5.60 Å². The second-order valence-electron chi connectivity index (χ2n) is 4.51. The Morgan fingerprint density at radius 1 is 1.27 bits per heavy atom. The molecule has 0 rings (SSSR count). The van der Waals surface area contributed by atoms with E-state index in [0.717, 1.165) is 13.0 Å². The first kappa shape index (κ1) is 14.2. The van der Waals surface area contributed by atoms with Crippen LogP contribution >= 0.6 is 0 Å². The summed E-state index contributed by atoms with van der Waals surface area (Å²) in [7, 11) is 1.71. The first-order valence-corrected chi connectivity index (χ1v) is 5.38. The van der Waals surface area contributed by atoms with Gasteiger partial charge in [0.05, 0.1) is 6.61 Å². The van der Waals surface area contributed by atoms with E-state index in [1.807, 2.05) is 20.8 Å². The van der Waals surface area contributed by atoms with Crippen molar-refractivity contribution in [2.75, 3.05) is 26.8 Å². The Balaban J connectivity index is 3.70. The van der Waals surface area contributed by atoms with Gasteiger partial charge in [0.25, 0.3) is 0 Å². The van der Waals surface area contributed by atoms with Crippen molar-refractivity contribution in [1.82, 2.24) is 4.90 Å². The number of likely N-dealkylation sites (N-methyl/N-ethyl adjacent to an activating group) is 1. The Kier molecular flexibility index (Phi) is 6.32. The van der Waals surface area contributed by atoms with Crippen LogP contribution in [0.1, 0.15) is 34.1 Å². The molecule has 4 nitrogen and oxygen atoms in total. The summed E-state index contributed by atoms with van der Waals surface area (Å²) in [6.07, 6.45) is 0.693. The van der Waals surface area contributed by atoms with Gasteiger partial charge in [-0.25, -0.2) is 4.79 Å². The maximum Gasteiger partial charge on any atom is 0.410 e. The lowest BCUT2D eigenvalue weighted by molar-refractivity contribution is 0.0232. The highest BCUT2D eigenvalue weighted by atomic mass is 16.6. The van der Waals surface area contributed by atoms with E-state index >= 15 is 0 Å². The van der Waals surface area contributed by atoms with E-state index in [9.17, 15) is 4.79 Å². The van der Waals surface area contributed by atoms with Crippen LogP contribution in [-0.4, -0.2) is 43.4 Å². The zero-order valence-electron chi connectivity index (χ0n) is 10.5. The van der Waals surface area contributed by atoms with Crippen molar-refractivity contribution in [1.29, 1.82) is 0 Å². The zero-order valence-corrected chi connectivity index (χ0v) is 10.5. The minimum Gasteiger partial charge on any atom is -0.444 e. The summed E-state index contributed by atoms with van der Waals surface area (Å²) in [6.45, 7) is 9.48. The molecule has 0 saturated heterocycles. The van der Waals surface area contributed by atoms with Crippen LogP contribution in [0, 0.1) is 0 Å². The Morgan fingerprint density at radius 3 is 2.33 bits per heavy atom. The van der Waals surface area contributed by atoms with Gasteiger partial charge in [-0.2, -0.15) is 0 Å². The highest BCUT2D eigenvalue weighted by Gasteiger charge is 2.18. The average Bonchev–Trinajstić information content (AvgIpc) is 2.09. The number of hydrogen-bond donors (Lipinski definition) is 0. The second kappa shape index (κ2) is 6.67. The third kappa shape index (κ3) is 8.24. The lowest BCUT2D eigenvalue weighted by Gasteiger charge is -2.24. The Morgan fingerprint density at radius 2 is 1.87 bits per heavy atom. The molecule has 0 atom stereocenters. The van der Waals surface area contributed by atoms with Crippen molar-refractivity contribution in [3.63, 3.8) is 0 Å². The quantitative estimate of drug-likeness (QED) is 0.663. The van der Waals surface area contributed by atoms with E-state index in [1.165, 1.54) is 4.90 Å². The van der Waals surface area contributed by atoms with E-state index in [4.69, 9.17) is 9.47 Å². The molecule has 15 heavy (non-hydrogen) atoms. The molecule has 0 N–H and O–H groups in total. The van der Waals surface area contributed by atoms with Crippen LogP contribution in [0.5, 0.6) is 0 Å². The smallest absolute Gasteiger partial charge is 0.410 e. The fourth-order valence-corrected chi connectivity index (χ4v) is 0.879. The summed E-state index contributed by atoms with van der Waals surface area (Å²) in [5, 5.41) is 0. The van der Waals surface area contributed by atoms with E-state index in [0.29, 0.717) is 13.2 Å². The standard InChI is InChI=1S/C11H23NO3/c1-6-8-14-9-7-12(5)10(13)15-11(2,3)4/h6-9H2,1-5H3. The van der Waals surface area contributed by atoms with Crippen molar-refractivity contribution in [2.45, 2.75) is 39.7 Å². The maximum absolute atomic E-state index is 11.5. The molecule has 0 unspecified atom stereocenters. The van der Waals surface area contributed by atoms with Crippen LogP contribution in [-0.2, 0) is 9.47 Å². The zero-order chi connectivity index (χ0) is 11.9. The fraction of sp³-hybridized carbons (Fsp3) is 0.909. The normalized spacial score (nSPS) is 11.3. The SMILES string of the molecule is CCCOCCN(C)C(=O)OC(C)(C)C. The third-order valence-corrected chi connectivity index (χ3v) is 1.62. The summed E-state index contributed by atoms with van der Waals surface area (Å²) in [5.41, 5.74) is -0.435. The van der Waals surface area contributed by atoms with Crippen LogP contribution in [0.4, 0.5) is 4.79 Å². The molecule has 0 aliphatic carbocycles. The van der Waals surface area contributed by atoms with Gasteiger partial charge in [-0.3, -0.25) is 0 Å². The predicted octanol–water partition coefficient (Wildman–Crippen LogP) is 2.28. The molecular formula is C11H23NO3. The molecule has 0 aromatic heterocycles. The highest BCUT2D eigenvalue weighted by Crippen LogP contribution is 2.08. The molecule has 0 aliphatic rings. The number of rotatable bonds is 5. The van der Waals surface area contributed by atoms with Gasteiger partial charge >= 0.3 is 6.09 Å². The maximum atomic E-state index is 11.5. The van der Waals surface area contributed by atoms with E-state index in [2.05, 4.69) is 6.92 Å². The molecule has 0 aliphatic heterocycles. The molecule has 0 aromatic carbocycles. The molecule has 0 bridgehead atoms. The molecule has 1 amide bonds. The molecule has 0 aromatic rings. The van der Waals surface area contributed by atoms with Gasteiger partial charge in [0.2, 0.25) is 0 Å². The van der Waals surface area contributed by atoms with Crippen molar-refractivity contribution < 1.29 is 14.3 Å². The number of carbonyl (C=O) groups is 1. The summed E-state index contributed by atoms with van der Waals surface area (Å²) in [6, 6.07) is 0. The summed E-state index contributed by atoms with van der Waals surface area (Å²) >= 11 is 0. The molecule has 0 radical (unpaired) electrons. The van der Waals surface area contributed by atoms with Gasteiger partial charge in [0.15, 0.2) is 0 Å². The molecule has 90 valence electrons. The largest absolute Gasteiger partial charge is 0.444 e. The van der Waals surface area contributed by atoms with E-state index < -0.39 is 5.60 Å². The monoisotopic (exact) mass is 217 g/mol. The topological polar surface area (TPSA) is 38.8 Å². The van der Waals surface area contributed by atoms with Gasteiger partial charge in [-0.1, -0.05) is 6.92 Å². The molecule has 0 spiro atoms. The Hall–Kier alpha value is -0.770. The van der Waals surface area contributed by atoms with E-state index in [-0.39, 0.29) is 6.09 Å². The first-order chi connectivity index (χ1) is 6.87. The van der Waals surface area contributed by atoms with Crippen LogP contribution in [0.2, 0.25) is 0 Å². The van der Waals surface area contributed by atoms with Crippen molar-refractivity contribution in [3.05, 3.63) is 0 Å². The van der Waals surface area contributed by atoms with Crippen LogP contribution in [0.3, 0.4) is 0 Å². The number of hydrogen-bond acceptors (Lipinski definition) is 3. The molecule has 4 heteroatoms. The van der Waals surface area contributed by atoms with E-state index in [1.54, 1.807) is 7.05 Å². The Labute approximate surface area is 92.5 Å². The lowest BCUT2D eigenvalue weighted by atomic mass is 10.2. The molecular weight excluding hydrogens is 194 g/mol. The third-order valence-electron chi connectivity index (χ3n) is 1.62. The molecule has 0 heterocycles. The number of carbonyl (C=O) groups excluding carboxylic acids is 1. The van der Waals surface area contributed by atoms with Crippen LogP contribution in [0.15, 0.2) is 0 Å². The summed E-state index contributed by atoms with van der Waals surface area (Å²) in [4.78, 5) is 13.0. The van der Waals surface area contributed by atoms with Gasteiger partial charge in [-0.05, 0) is 27.2 Å². The molecule has 0 saturated carbocycles. The average molecular weight is 217 g/mol. The minimum absolute atomic E-state index is 0.303. The van der Waals surface area contributed by atoms with Crippen molar-refractivity contribution in [2.24, 2.45) is 0 Å². The number of ether oxygens (including phenoxy) is 2. The van der Waals surface area contributed by atoms with Gasteiger partial charge in [0, 0.05) is 20.2 Å². The van der Waals surface area contributed by atoms with Gasteiger partial charge < -0.3 is 14.4 Å². The number of nitrogens with zero attached hydrogens (tertiary/aromatic N) is 1. The first-order valence-electron chi connectivity index (χ1n) is 5.38. The Bertz CT molecular complexity index is 187. The van der Waals surface area contributed by atoms with Crippen molar-refractivity contribution >= 4 is 6.09 Å². The van der Waals surface area contributed by atoms with Crippen molar-refractivity contribution in [3.8, 4) is 0 Å². The second-order valence-corrected chi connectivity index (χ2v) is 4.51. The lowest BCUT2D eigenvalue weighted by Crippen LogP contribution is -2.36. The predicted molar refractivity (Wildman–Crippen MR) is 60.0 cm³/mol. The van der Waals surface area contributed by atoms with Crippen LogP contribution in [0.25, 0.3) is 0 Å². The fourth-order valence-electron chi connectivity index (χ4n) is 0.879. The van der Waals surface area contributed by atoms with Gasteiger partial charge in [-0.15, -0.1) is 0 Å². The van der Waals surface area contributed by atoms with Crippen LogP contribution < -0.4 is 0 Å². The molecule has 0 fully saturated rings. The summed E-state index contributed by atoms with van der Waals surface area (Å²) in [5.74, 6) is 0. The highest BCUT2D eigenvalue weighted by molar-refractivity contribution is 5.67. The minimum atomic E-state index is -0.435. The number of amides is 1.